The third-order valence-electron chi connectivity index (χ3n) is 4.23. The standard InChI is InChI=1S/C17H24N4O2.ClH/c1-12(22)21-15(10-9-13-6-3-2-4-7-13)14(16(21)23)8-5-11-20-17(18)19;/h2-4,6-7,14-15H,5,8-11H2,1H3,(H4,18,19,20);1H/t14-,15-;/m0./s1. The lowest BCUT2D eigenvalue weighted by Crippen LogP contribution is -2.62. The molecule has 6 nitrogen and oxygen atoms in total. The molecule has 0 bridgehead atoms. The Labute approximate surface area is 148 Å². The predicted molar refractivity (Wildman–Crippen MR) is 96.7 cm³/mol. The number of hydrogen-bond acceptors (Lipinski definition) is 3. The molecule has 0 saturated carbocycles. The number of guanidine groups is 1. The number of halogens is 1. The smallest absolute Gasteiger partial charge is 0.234 e. The highest BCUT2D eigenvalue weighted by Gasteiger charge is 2.48. The molecular formula is C17H25ClN4O2. The molecule has 1 aromatic rings. The van der Waals surface area contributed by atoms with Crippen LogP contribution in [-0.4, -0.2) is 35.3 Å². The zero-order valence-corrected chi connectivity index (χ0v) is 14.7. The van der Waals surface area contributed by atoms with Crippen molar-refractivity contribution in [2.24, 2.45) is 22.4 Å². The molecule has 0 aliphatic carbocycles. The van der Waals surface area contributed by atoms with Crippen LogP contribution >= 0.6 is 12.4 Å². The third-order valence-corrected chi connectivity index (χ3v) is 4.23. The van der Waals surface area contributed by atoms with Crippen molar-refractivity contribution in [2.45, 2.75) is 38.6 Å². The summed E-state index contributed by atoms with van der Waals surface area (Å²) in [5.41, 5.74) is 11.8. The van der Waals surface area contributed by atoms with E-state index < -0.39 is 0 Å². The summed E-state index contributed by atoms with van der Waals surface area (Å²) in [5.74, 6) is -0.276. The molecule has 1 fully saturated rings. The molecule has 0 aromatic heterocycles. The average Bonchev–Trinajstić information content (AvgIpc) is 2.51. The maximum atomic E-state index is 12.2. The van der Waals surface area contributed by atoms with E-state index in [1.54, 1.807) is 0 Å². The van der Waals surface area contributed by atoms with Crippen molar-refractivity contribution in [3.05, 3.63) is 35.9 Å². The molecule has 2 rings (SSSR count). The molecule has 4 N–H and O–H groups in total. The summed E-state index contributed by atoms with van der Waals surface area (Å²) >= 11 is 0. The molecule has 1 saturated heterocycles. The zero-order chi connectivity index (χ0) is 16.8. The van der Waals surface area contributed by atoms with Crippen LogP contribution in [0.1, 0.15) is 31.7 Å². The molecule has 0 radical (unpaired) electrons. The fraction of sp³-hybridized carbons (Fsp3) is 0.471. The van der Waals surface area contributed by atoms with Gasteiger partial charge in [-0.15, -0.1) is 12.4 Å². The van der Waals surface area contributed by atoms with Crippen LogP contribution in [0.4, 0.5) is 0 Å². The Hall–Kier alpha value is -2.08. The van der Waals surface area contributed by atoms with E-state index in [1.807, 2.05) is 18.2 Å². The number of nitrogens with two attached hydrogens (primary N) is 2. The van der Waals surface area contributed by atoms with Gasteiger partial charge in [0.1, 0.15) is 0 Å². The van der Waals surface area contributed by atoms with E-state index in [2.05, 4.69) is 17.1 Å². The molecule has 2 amide bonds. The number of carbonyl (C=O) groups is 2. The minimum Gasteiger partial charge on any atom is -0.370 e. The van der Waals surface area contributed by atoms with Crippen molar-refractivity contribution in [2.75, 3.05) is 6.54 Å². The number of benzene rings is 1. The maximum Gasteiger partial charge on any atom is 0.234 e. The summed E-state index contributed by atoms with van der Waals surface area (Å²) in [5, 5.41) is 0. The highest BCUT2D eigenvalue weighted by Crippen LogP contribution is 2.33. The summed E-state index contributed by atoms with van der Waals surface area (Å²) in [6, 6.07) is 10.1. The van der Waals surface area contributed by atoms with Crippen molar-refractivity contribution in [3.63, 3.8) is 0 Å². The van der Waals surface area contributed by atoms with Gasteiger partial charge in [0.2, 0.25) is 11.8 Å². The Morgan fingerprint density at radius 1 is 1.21 bits per heavy atom. The number of rotatable bonds is 7. The van der Waals surface area contributed by atoms with E-state index in [9.17, 15) is 9.59 Å². The Kier molecular flexibility index (Phi) is 7.71. The molecule has 132 valence electrons. The van der Waals surface area contributed by atoms with Gasteiger partial charge >= 0.3 is 0 Å². The number of nitrogens with zero attached hydrogens (tertiary/aromatic N) is 2. The zero-order valence-electron chi connectivity index (χ0n) is 13.9. The van der Waals surface area contributed by atoms with Crippen molar-refractivity contribution >= 4 is 30.2 Å². The lowest BCUT2D eigenvalue weighted by atomic mass is 9.80. The Bertz CT molecular complexity index is 588. The topological polar surface area (TPSA) is 102 Å². The van der Waals surface area contributed by atoms with Gasteiger partial charge in [0.15, 0.2) is 5.96 Å². The molecule has 1 aromatic carbocycles. The lowest BCUT2D eigenvalue weighted by Gasteiger charge is -2.45. The van der Waals surface area contributed by atoms with Crippen LogP contribution in [0.15, 0.2) is 35.3 Å². The van der Waals surface area contributed by atoms with Crippen LogP contribution in [-0.2, 0) is 16.0 Å². The van der Waals surface area contributed by atoms with E-state index in [0.717, 1.165) is 19.3 Å². The Morgan fingerprint density at radius 3 is 2.46 bits per heavy atom. The summed E-state index contributed by atoms with van der Waals surface area (Å²) in [4.78, 5) is 29.2. The summed E-state index contributed by atoms with van der Waals surface area (Å²) in [6.07, 6.45) is 3.09. The van der Waals surface area contributed by atoms with Gasteiger partial charge in [-0.2, -0.15) is 0 Å². The predicted octanol–water partition coefficient (Wildman–Crippen LogP) is 1.47. The second-order valence-corrected chi connectivity index (χ2v) is 5.87. The Balaban J connectivity index is 0.00000288. The fourth-order valence-electron chi connectivity index (χ4n) is 3.12. The highest BCUT2D eigenvalue weighted by molar-refractivity contribution is 6.01. The number of likely N-dealkylation sites (tertiary alicyclic amines) is 1. The van der Waals surface area contributed by atoms with Gasteiger partial charge in [0, 0.05) is 13.5 Å². The Morgan fingerprint density at radius 2 is 1.88 bits per heavy atom. The number of amides is 2. The molecule has 2 atom stereocenters. The minimum atomic E-state index is -0.173. The number of aliphatic imine (C=N–C) groups is 1. The quantitative estimate of drug-likeness (QED) is 0.335. The van der Waals surface area contributed by atoms with E-state index in [0.29, 0.717) is 13.0 Å². The SMILES string of the molecule is CC(=O)N1C(=O)[C@@H](CCCN=C(N)N)[C@@H]1CCc1ccccc1.Cl. The number of carbonyl (C=O) groups excluding carboxylic acids is 2. The molecule has 0 unspecified atom stereocenters. The highest BCUT2D eigenvalue weighted by atomic mass is 35.5. The first-order valence-corrected chi connectivity index (χ1v) is 7.93. The van der Waals surface area contributed by atoms with Gasteiger partial charge in [-0.3, -0.25) is 19.5 Å². The maximum absolute atomic E-state index is 12.2. The van der Waals surface area contributed by atoms with Crippen molar-refractivity contribution < 1.29 is 9.59 Å². The monoisotopic (exact) mass is 352 g/mol. The third kappa shape index (κ3) is 4.96. The molecule has 0 spiro atoms. The van der Waals surface area contributed by atoms with Gasteiger partial charge in [-0.25, -0.2) is 0 Å². The minimum absolute atomic E-state index is 0. The largest absolute Gasteiger partial charge is 0.370 e. The van der Waals surface area contributed by atoms with Crippen LogP contribution in [0.5, 0.6) is 0 Å². The lowest BCUT2D eigenvalue weighted by molar-refractivity contribution is -0.166. The second kappa shape index (κ2) is 9.27. The normalized spacial score (nSPS) is 19.2. The summed E-state index contributed by atoms with van der Waals surface area (Å²) in [7, 11) is 0. The van der Waals surface area contributed by atoms with Crippen molar-refractivity contribution in [1.82, 2.24) is 4.90 Å². The molecule has 24 heavy (non-hydrogen) atoms. The molecule has 1 heterocycles. The molecular weight excluding hydrogens is 328 g/mol. The van der Waals surface area contributed by atoms with Crippen LogP contribution in [0.25, 0.3) is 0 Å². The van der Waals surface area contributed by atoms with Gasteiger partial charge in [0.25, 0.3) is 0 Å². The van der Waals surface area contributed by atoms with Crippen LogP contribution in [0.3, 0.4) is 0 Å². The first-order chi connectivity index (χ1) is 11.0. The first kappa shape index (κ1) is 20.0. The van der Waals surface area contributed by atoms with Crippen molar-refractivity contribution in [3.8, 4) is 0 Å². The number of imide groups is 1. The molecule has 1 aliphatic heterocycles. The van der Waals surface area contributed by atoms with Gasteiger partial charge in [-0.1, -0.05) is 30.3 Å². The van der Waals surface area contributed by atoms with E-state index in [4.69, 9.17) is 11.5 Å². The van der Waals surface area contributed by atoms with E-state index in [-0.39, 0.29) is 42.1 Å². The van der Waals surface area contributed by atoms with Crippen LogP contribution in [0, 0.1) is 5.92 Å². The number of hydrogen-bond donors (Lipinski definition) is 2. The fourth-order valence-corrected chi connectivity index (χ4v) is 3.12. The van der Waals surface area contributed by atoms with Crippen molar-refractivity contribution in [1.29, 1.82) is 0 Å². The summed E-state index contributed by atoms with van der Waals surface area (Å²) in [6.45, 7) is 1.96. The summed E-state index contributed by atoms with van der Waals surface area (Å²) < 4.78 is 0. The van der Waals surface area contributed by atoms with Crippen LogP contribution < -0.4 is 11.5 Å². The van der Waals surface area contributed by atoms with Gasteiger partial charge < -0.3 is 11.5 Å². The second-order valence-electron chi connectivity index (χ2n) is 5.87. The van der Waals surface area contributed by atoms with Crippen LogP contribution in [0.2, 0.25) is 0 Å². The number of β-lactam (4-membered cyclic amide) rings is 1. The molecule has 1 aliphatic rings. The first-order valence-electron chi connectivity index (χ1n) is 7.93. The van der Waals surface area contributed by atoms with Gasteiger partial charge in [0.05, 0.1) is 12.0 Å². The van der Waals surface area contributed by atoms with E-state index in [1.165, 1.54) is 17.4 Å². The van der Waals surface area contributed by atoms with E-state index >= 15 is 0 Å². The molecule has 7 heteroatoms. The average molecular weight is 353 g/mol. The van der Waals surface area contributed by atoms with Gasteiger partial charge in [-0.05, 0) is 31.2 Å². The number of aryl methyl sites for hydroxylation is 1.